The van der Waals surface area contributed by atoms with Crippen LogP contribution in [0.4, 0.5) is 4.79 Å². The van der Waals surface area contributed by atoms with Crippen LogP contribution in [0.2, 0.25) is 5.02 Å². The first-order valence-corrected chi connectivity index (χ1v) is 12.5. The lowest BCUT2D eigenvalue weighted by molar-refractivity contribution is 0.0792. The summed E-state index contributed by atoms with van der Waals surface area (Å²) >= 11 is 7.41. The van der Waals surface area contributed by atoms with Crippen LogP contribution in [0.5, 0.6) is 0 Å². The lowest BCUT2D eigenvalue weighted by atomic mass is 9.99. The van der Waals surface area contributed by atoms with Gasteiger partial charge < -0.3 is 30.5 Å². The minimum atomic E-state index is -1.06. The number of nitrogens with zero attached hydrogens (tertiary/aromatic N) is 3. The van der Waals surface area contributed by atoms with E-state index in [0.29, 0.717) is 22.1 Å². The quantitative estimate of drug-likeness (QED) is 0.421. The fourth-order valence-corrected chi connectivity index (χ4v) is 5.84. The second kappa shape index (κ2) is 9.48. The van der Waals surface area contributed by atoms with Crippen molar-refractivity contribution in [3.63, 3.8) is 0 Å². The molecule has 0 aliphatic carbocycles. The number of carbonyl (C=O) groups excluding carboxylic acids is 2. The highest BCUT2D eigenvalue weighted by atomic mass is 35.5. The third-order valence-electron chi connectivity index (χ3n) is 6.46. The number of carboxylic acid groups (broad SMARTS) is 1. The Morgan fingerprint density at radius 2 is 1.97 bits per heavy atom. The van der Waals surface area contributed by atoms with Crippen molar-refractivity contribution in [1.82, 2.24) is 30.4 Å². The number of benzene rings is 1. The molecule has 3 aromatic rings. The normalized spacial score (nSPS) is 20.5. The minimum Gasteiger partial charge on any atom is -0.465 e. The predicted molar refractivity (Wildman–Crippen MR) is 132 cm³/mol. The molecule has 1 fully saturated rings. The first-order valence-electron chi connectivity index (χ1n) is 11.3. The molecule has 5 rings (SSSR count). The number of thiazole rings is 1. The van der Waals surface area contributed by atoms with Crippen LogP contribution in [-0.4, -0.2) is 81.5 Å². The number of likely N-dealkylation sites (tertiary alicyclic amines) is 1. The molecule has 12 heteroatoms. The fourth-order valence-electron chi connectivity index (χ4n) is 4.57. The van der Waals surface area contributed by atoms with E-state index < -0.39 is 18.2 Å². The summed E-state index contributed by atoms with van der Waals surface area (Å²) < 4.78 is 0. The van der Waals surface area contributed by atoms with Gasteiger partial charge in [0, 0.05) is 53.4 Å². The van der Waals surface area contributed by atoms with Gasteiger partial charge in [-0.2, -0.15) is 0 Å². The zero-order valence-corrected chi connectivity index (χ0v) is 20.6. The van der Waals surface area contributed by atoms with Gasteiger partial charge in [0.25, 0.3) is 11.8 Å². The predicted octanol–water partition coefficient (Wildman–Crippen LogP) is 2.55. The van der Waals surface area contributed by atoms with Gasteiger partial charge in [-0.1, -0.05) is 11.6 Å². The van der Waals surface area contributed by atoms with E-state index in [9.17, 15) is 19.5 Å². The van der Waals surface area contributed by atoms with Crippen molar-refractivity contribution in [2.75, 3.05) is 26.7 Å². The van der Waals surface area contributed by atoms with Gasteiger partial charge in [0.1, 0.15) is 5.69 Å². The zero-order chi connectivity index (χ0) is 24.7. The molecule has 4 N–H and O–H groups in total. The van der Waals surface area contributed by atoms with Crippen LogP contribution in [0.25, 0.3) is 10.9 Å². The van der Waals surface area contributed by atoms with E-state index in [1.165, 1.54) is 16.2 Å². The number of halogens is 1. The number of nitrogens with one attached hydrogen (secondary N) is 3. The van der Waals surface area contributed by atoms with Gasteiger partial charge in [-0.3, -0.25) is 9.59 Å². The lowest BCUT2D eigenvalue weighted by Crippen LogP contribution is -2.61. The van der Waals surface area contributed by atoms with Crippen LogP contribution in [0, 0.1) is 0 Å². The summed E-state index contributed by atoms with van der Waals surface area (Å²) in [6.07, 6.45) is 0.100. The van der Waals surface area contributed by atoms with Crippen molar-refractivity contribution in [3.8, 4) is 0 Å². The first-order chi connectivity index (χ1) is 16.8. The number of aromatic amines is 1. The van der Waals surface area contributed by atoms with E-state index in [-0.39, 0.29) is 24.9 Å². The molecule has 3 amide bonds. The van der Waals surface area contributed by atoms with E-state index in [0.717, 1.165) is 41.0 Å². The number of likely N-dealkylation sites (N-methyl/N-ethyl adjacent to an activating group) is 1. The molecule has 2 aliphatic rings. The molecule has 2 atom stereocenters. The zero-order valence-electron chi connectivity index (χ0n) is 19.0. The lowest BCUT2D eigenvalue weighted by Gasteiger charge is -2.37. The van der Waals surface area contributed by atoms with Crippen LogP contribution in [0.3, 0.4) is 0 Å². The molecule has 0 saturated carbocycles. The second-order valence-corrected chi connectivity index (χ2v) is 10.5. The van der Waals surface area contributed by atoms with E-state index >= 15 is 0 Å². The molecule has 1 aromatic carbocycles. The number of fused-ring (bicyclic) bond motifs is 2. The number of rotatable bonds is 4. The molecule has 2 aromatic heterocycles. The third-order valence-corrected chi connectivity index (χ3v) is 7.78. The van der Waals surface area contributed by atoms with Gasteiger partial charge in [-0.15, -0.1) is 11.3 Å². The number of piperidine rings is 1. The monoisotopic (exact) mass is 516 g/mol. The Hall–Kier alpha value is -3.15. The van der Waals surface area contributed by atoms with Crippen LogP contribution in [0.15, 0.2) is 24.3 Å². The Bertz CT molecular complexity index is 1310. The summed E-state index contributed by atoms with van der Waals surface area (Å²) in [6, 6.07) is 5.98. The summed E-state index contributed by atoms with van der Waals surface area (Å²) in [4.78, 5) is 49.8. The maximum absolute atomic E-state index is 13.1. The molecule has 0 spiro atoms. The summed E-state index contributed by atoms with van der Waals surface area (Å²) in [5.41, 5.74) is 2.09. The molecule has 2 aliphatic heterocycles. The van der Waals surface area contributed by atoms with E-state index in [1.54, 1.807) is 24.3 Å². The summed E-state index contributed by atoms with van der Waals surface area (Å²) in [6.45, 7) is 1.97. The average molecular weight is 517 g/mol. The van der Waals surface area contributed by atoms with Crippen molar-refractivity contribution in [2.45, 2.75) is 31.5 Å². The maximum Gasteiger partial charge on any atom is 0.407 e. The number of carbonyl (C=O) groups is 3. The Kier molecular flexibility index (Phi) is 6.39. The van der Waals surface area contributed by atoms with E-state index in [4.69, 9.17) is 11.6 Å². The van der Waals surface area contributed by atoms with Crippen LogP contribution < -0.4 is 10.6 Å². The van der Waals surface area contributed by atoms with E-state index in [1.807, 2.05) is 7.05 Å². The van der Waals surface area contributed by atoms with Crippen molar-refractivity contribution < 1.29 is 19.5 Å². The summed E-state index contributed by atoms with van der Waals surface area (Å²) in [5.74, 6) is -0.693. The van der Waals surface area contributed by atoms with Crippen molar-refractivity contribution in [2.24, 2.45) is 0 Å². The topological polar surface area (TPSA) is 131 Å². The van der Waals surface area contributed by atoms with Gasteiger partial charge in [0.2, 0.25) is 0 Å². The summed E-state index contributed by atoms with van der Waals surface area (Å²) in [7, 11) is 2.03. The third kappa shape index (κ3) is 4.97. The van der Waals surface area contributed by atoms with Gasteiger partial charge in [-0.25, -0.2) is 9.78 Å². The minimum absolute atomic E-state index is 0.0716. The highest BCUT2D eigenvalue weighted by Gasteiger charge is 2.35. The maximum atomic E-state index is 13.1. The van der Waals surface area contributed by atoms with Crippen LogP contribution in [0.1, 0.15) is 37.3 Å². The molecule has 10 nitrogen and oxygen atoms in total. The molecule has 35 heavy (non-hydrogen) atoms. The van der Waals surface area contributed by atoms with Gasteiger partial charge in [0.05, 0.1) is 17.8 Å². The van der Waals surface area contributed by atoms with Crippen molar-refractivity contribution >= 4 is 51.7 Å². The first kappa shape index (κ1) is 23.6. The molecule has 4 heterocycles. The van der Waals surface area contributed by atoms with Gasteiger partial charge in [0.15, 0.2) is 5.01 Å². The molecule has 0 bridgehead atoms. The molecule has 184 valence electrons. The van der Waals surface area contributed by atoms with Crippen LogP contribution >= 0.6 is 22.9 Å². The largest absolute Gasteiger partial charge is 0.465 e. The number of hydrogen-bond acceptors (Lipinski definition) is 6. The number of H-pyrrole nitrogens is 1. The Morgan fingerprint density at radius 1 is 1.17 bits per heavy atom. The Morgan fingerprint density at radius 3 is 2.77 bits per heavy atom. The van der Waals surface area contributed by atoms with Gasteiger partial charge in [-0.05, 0) is 37.7 Å². The SMILES string of the molecule is CN1CCc2nc(C(=O)N[C@@H]3CN(C(=O)O)CC[C@@H]3NC(=O)c3cc4cc(Cl)ccc4[nH]3)sc2C1. The molecular formula is C23H25ClN6O4S. The second-order valence-electron chi connectivity index (χ2n) is 8.97. The van der Waals surface area contributed by atoms with Crippen molar-refractivity contribution in [3.05, 3.63) is 50.6 Å². The summed E-state index contributed by atoms with van der Waals surface area (Å²) in [5, 5.41) is 17.1. The Labute approximate surface area is 210 Å². The molecular weight excluding hydrogens is 492 g/mol. The highest BCUT2D eigenvalue weighted by molar-refractivity contribution is 7.13. The molecule has 0 radical (unpaired) electrons. The standard InChI is InChI=1S/C23H25ClN6O4S/c1-29-6-4-16-19(11-29)35-22(28-16)21(32)27-18-10-30(23(33)34)7-5-15(18)26-20(31)17-9-12-8-13(24)2-3-14(12)25-17/h2-3,8-9,15,18,25H,4-7,10-11H2,1H3,(H,26,31)(H,27,32)(H,33,34)/t15-,18+/m0/s1. The van der Waals surface area contributed by atoms with E-state index in [2.05, 4.69) is 25.5 Å². The fraction of sp³-hybridized carbons (Fsp3) is 0.391. The van der Waals surface area contributed by atoms with Crippen LogP contribution in [-0.2, 0) is 13.0 Å². The average Bonchev–Trinajstić information content (AvgIpc) is 3.43. The van der Waals surface area contributed by atoms with Crippen molar-refractivity contribution in [1.29, 1.82) is 0 Å². The smallest absolute Gasteiger partial charge is 0.407 e. The number of aromatic nitrogens is 2. The molecule has 0 unspecified atom stereocenters. The number of hydrogen-bond donors (Lipinski definition) is 4. The number of amides is 3. The van der Waals surface area contributed by atoms with Gasteiger partial charge >= 0.3 is 6.09 Å². The highest BCUT2D eigenvalue weighted by Crippen LogP contribution is 2.25. The Balaban J connectivity index is 1.32. The molecule has 1 saturated heterocycles.